The third-order valence-corrected chi connectivity index (χ3v) is 1.57. The molecule has 68 valence electrons. The van der Waals surface area contributed by atoms with Gasteiger partial charge in [0.15, 0.2) is 5.82 Å². The molecule has 1 heterocycles. The maximum Gasteiger partial charge on any atom is 0.172 e. The molecule has 0 saturated heterocycles. The Morgan fingerprint density at radius 3 is 2.83 bits per heavy atom. The fourth-order valence-corrected chi connectivity index (χ4v) is 1.06. The summed E-state index contributed by atoms with van der Waals surface area (Å²) in [7, 11) is 1.95. The normalized spacial score (nSPS) is 13.0. The van der Waals surface area contributed by atoms with E-state index in [2.05, 4.69) is 5.16 Å². The van der Waals surface area contributed by atoms with Crippen LogP contribution in [0.1, 0.15) is 12.7 Å². The van der Waals surface area contributed by atoms with Crippen molar-refractivity contribution in [3.63, 3.8) is 0 Å². The molecule has 1 aromatic heterocycles. The zero-order valence-corrected chi connectivity index (χ0v) is 7.74. The molecule has 0 fully saturated rings. The molecule has 0 spiro atoms. The van der Waals surface area contributed by atoms with Crippen LogP contribution in [0.2, 0.25) is 0 Å². The Hall–Kier alpha value is -1.03. The highest BCUT2D eigenvalue weighted by Crippen LogP contribution is 2.11. The Morgan fingerprint density at radius 1 is 1.75 bits per heavy atom. The highest BCUT2D eigenvalue weighted by molar-refractivity contribution is 5.36. The van der Waals surface area contributed by atoms with E-state index in [0.717, 1.165) is 18.1 Å². The van der Waals surface area contributed by atoms with Gasteiger partial charge < -0.3 is 15.2 Å². The van der Waals surface area contributed by atoms with Crippen molar-refractivity contribution < 1.29 is 4.52 Å². The maximum absolute atomic E-state index is 5.64. The van der Waals surface area contributed by atoms with E-state index in [9.17, 15) is 0 Å². The lowest BCUT2D eigenvalue weighted by Crippen LogP contribution is -2.32. The monoisotopic (exact) mass is 169 g/mol. The highest BCUT2D eigenvalue weighted by atomic mass is 16.5. The van der Waals surface area contributed by atoms with E-state index < -0.39 is 0 Å². The summed E-state index contributed by atoms with van der Waals surface area (Å²) in [5.41, 5.74) is 5.64. The number of hydrogen-bond acceptors (Lipinski definition) is 4. The largest absolute Gasteiger partial charge is 0.360 e. The quantitative estimate of drug-likeness (QED) is 0.726. The van der Waals surface area contributed by atoms with Gasteiger partial charge in [-0.2, -0.15) is 0 Å². The van der Waals surface area contributed by atoms with Crippen molar-refractivity contribution in [2.24, 2.45) is 5.73 Å². The lowest BCUT2D eigenvalue weighted by molar-refractivity contribution is 0.397. The van der Waals surface area contributed by atoms with Gasteiger partial charge in [-0.15, -0.1) is 0 Å². The number of nitrogens with two attached hydrogens (primary N) is 1. The molecule has 1 aromatic rings. The van der Waals surface area contributed by atoms with E-state index in [1.54, 1.807) is 0 Å². The summed E-state index contributed by atoms with van der Waals surface area (Å²) in [6, 6.07) is 2.04. The van der Waals surface area contributed by atoms with Crippen LogP contribution < -0.4 is 10.6 Å². The molecule has 1 rings (SSSR count). The number of hydrogen-bond donors (Lipinski definition) is 1. The first-order valence-corrected chi connectivity index (χ1v) is 3.99. The van der Waals surface area contributed by atoms with Crippen LogP contribution in [0.25, 0.3) is 0 Å². The standard InChI is InChI=1S/C8H15N3O/c1-6(9)5-11(3)8-4-7(2)12-10-8/h4,6H,5,9H2,1-3H3. The molecule has 1 atom stereocenters. The topological polar surface area (TPSA) is 55.3 Å². The van der Waals surface area contributed by atoms with Crippen molar-refractivity contribution >= 4 is 5.82 Å². The first-order valence-electron chi connectivity index (χ1n) is 3.99. The summed E-state index contributed by atoms with van der Waals surface area (Å²) in [5.74, 6) is 1.66. The van der Waals surface area contributed by atoms with Crippen molar-refractivity contribution in [2.45, 2.75) is 19.9 Å². The summed E-state index contributed by atoms with van der Waals surface area (Å²) >= 11 is 0. The van der Waals surface area contributed by atoms with Crippen molar-refractivity contribution in [1.82, 2.24) is 5.16 Å². The van der Waals surface area contributed by atoms with Gasteiger partial charge in [0.2, 0.25) is 0 Å². The summed E-state index contributed by atoms with van der Waals surface area (Å²) in [5, 5.41) is 3.86. The number of nitrogens with zero attached hydrogens (tertiary/aromatic N) is 2. The van der Waals surface area contributed by atoms with Crippen LogP contribution >= 0.6 is 0 Å². The number of aromatic nitrogens is 1. The number of anilines is 1. The third kappa shape index (κ3) is 2.23. The van der Waals surface area contributed by atoms with Crippen molar-refractivity contribution in [1.29, 1.82) is 0 Å². The molecule has 0 aliphatic carbocycles. The summed E-state index contributed by atoms with van der Waals surface area (Å²) < 4.78 is 4.93. The Labute approximate surface area is 72.3 Å². The second-order valence-electron chi connectivity index (χ2n) is 3.15. The van der Waals surface area contributed by atoms with Crippen LogP contribution in [0, 0.1) is 6.92 Å². The summed E-state index contributed by atoms with van der Waals surface area (Å²) in [6.07, 6.45) is 0. The smallest absolute Gasteiger partial charge is 0.172 e. The van der Waals surface area contributed by atoms with E-state index in [1.807, 2.05) is 31.9 Å². The molecule has 0 radical (unpaired) electrons. The van der Waals surface area contributed by atoms with Crippen LogP contribution in [0.4, 0.5) is 5.82 Å². The first kappa shape index (κ1) is 9.06. The average Bonchev–Trinajstić information content (AvgIpc) is 2.34. The van der Waals surface area contributed by atoms with Crippen LogP contribution in [0.5, 0.6) is 0 Å². The number of aryl methyl sites for hydroxylation is 1. The molecule has 0 aliphatic heterocycles. The van der Waals surface area contributed by atoms with Crippen molar-refractivity contribution in [2.75, 3.05) is 18.5 Å². The molecule has 4 nitrogen and oxygen atoms in total. The van der Waals surface area contributed by atoms with Gasteiger partial charge in [0.25, 0.3) is 0 Å². The molecule has 0 bridgehead atoms. The third-order valence-electron chi connectivity index (χ3n) is 1.57. The fraction of sp³-hybridized carbons (Fsp3) is 0.625. The fourth-order valence-electron chi connectivity index (χ4n) is 1.06. The second kappa shape index (κ2) is 3.58. The minimum absolute atomic E-state index is 0.145. The highest BCUT2D eigenvalue weighted by Gasteiger charge is 2.07. The van der Waals surface area contributed by atoms with Gasteiger partial charge in [0, 0.05) is 25.7 Å². The van der Waals surface area contributed by atoms with Crippen molar-refractivity contribution in [3.8, 4) is 0 Å². The molecular weight excluding hydrogens is 154 g/mol. The van der Waals surface area contributed by atoms with Gasteiger partial charge in [-0.25, -0.2) is 0 Å². The molecule has 1 unspecified atom stereocenters. The Kier molecular flexibility index (Phi) is 2.70. The Bertz CT molecular complexity index is 244. The van der Waals surface area contributed by atoms with Crippen LogP contribution in [-0.2, 0) is 0 Å². The maximum atomic E-state index is 5.64. The Morgan fingerprint density at radius 2 is 2.42 bits per heavy atom. The predicted molar refractivity (Wildman–Crippen MR) is 48.2 cm³/mol. The van der Waals surface area contributed by atoms with E-state index in [-0.39, 0.29) is 6.04 Å². The lowest BCUT2D eigenvalue weighted by Gasteiger charge is -2.17. The van der Waals surface area contributed by atoms with E-state index in [0.29, 0.717) is 0 Å². The van der Waals surface area contributed by atoms with E-state index in [4.69, 9.17) is 10.3 Å². The van der Waals surface area contributed by atoms with E-state index in [1.165, 1.54) is 0 Å². The SMILES string of the molecule is Cc1cc(N(C)CC(C)N)no1. The van der Waals surface area contributed by atoms with Crippen LogP contribution in [0.3, 0.4) is 0 Å². The van der Waals surface area contributed by atoms with Crippen LogP contribution in [0.15, 0.2) is 10.6 Å². The zero-order chi connectivity index (χ0) is 9.14. The molecule has 0 aromatic carbocycles. The van der Waals surface area contributed by atoms with Gasteiger partial charge in [0.1, 0.15) is 5.76 Å². The predicted octanol–water partition coefficient (Wildman–Crippen LogP) is 0.766. The molecule has 0 aliphatic rings. The molecule has 4 heteroatoms. The molecule has 0 amide bonds. The Balaban J connectivity index is 2.58. The lowest BCUT2D eigenvalue weighted by atomic mass is 10.3. The number of likely N-dealkylation sites (N-methyl/N-ethyl adjacent to an activating group) is 1. The van der Waals surface area contributed by atoms with Crippen LogP contribution in [-0.4, -0.2) is 24.8 Å². The summed E-state index contributed by atoms with van der Waals surface area (Å²) in [6.45, 7) is 4.62. The first-order chi connectivity index (χ1) is 5.59. The minimum atomic E-state index is 0.145. The van der Waals surface area contributed by atoms with Gasteiger partial charge >= 0.3 is 0 Å². The average molecular weight is 169 g/mol. The molecule has 2 N–H and O–H groups in total. The van der Waals surface area contributed by atoms with Gasteiger partial charge in [-0.3, -0.25) is 0 Å². The molecule has 12 heavy (non-hydrogen) atoms. The van der Waals surface area contributed by atoms with Gasteiger partial charge in [0.05, 0.1) is 0 Å². The molecular formula is C8H15N3O. The second-order valence-corrected chi connectivity index (χ2v) is 3.15. The van der Waals surface area contributed by atoms with E-state index >= 15 is 0 Å². The summed E-state index contributed by atoms with van der Waals surface area (Å²) in [4.78, 5) is 1.97. The van der Waals surface area contributed by atoms with Crippen molar-refractivity contribution in [3.05, 3.63) is 11.8 Å². The minimum Gasteiger partial charge on any atom is -0.360 e. The zero-order valence-electron chi connectivity index (χ0n) is 7.74. The van der Waals surface area contributed by atoms with Gasteiger partial charge in [-0.05, 0) is 13.8 Å². The molecule has 0 saturated carbocycles. The number of rotatable bonds is 3. The van der Waals surface area contributed by atoms with Gasteiger partial charge in [-0.1, -0.05) is 5.16 Å².